The van der Waals surface area contributed by atoms with Crippen LogP contribution in [0.1, 0.15) is 31.9 Å². The lowest BCUT2D eigenvalue weighted by molar-refractivity contribution is 0.626. The van der Waals surface area contributed by atoms with E-state index < -0.39 is 11.0 Å². The second-order valence-corrected chi connectivity index (χ2v) is 6.17. The van der Waals surface area contributed by atoms with Crippen LogP contribution in [0, 0.1) is 0 Å². The van der Waals surface area contributed by atoms with Gasteiger partial charge in [-0.3, -0.25) is 14.8 Å². The third-order valence-electron chi connectivity index (χ3n) is 3.24. The average molecular weight is 266 g/mol. The van der Waals surface area contributed by atoms with Gasteiger partial charge in [0, 0.05) is 29.6 Å². The van der Waals surface area contributed by atoms with Crippen LogP contribution in [0.2, 0.25) is 0 Å². The molecule has 0 aromatic carbocycles. The first-order chi connectivity index (χ1) is 8.49. The van der Waals surface area contributed by atoms with Crippen molar-refractivity contribution in [2.75, 3.05) is 0 Å². The molecule has 0 aliphatic heterocycles. The van der Waals surface area contributed by atoms with Gasteiger partial charge in [-0.1, -0.05) is 6.92 Å². The van der Waals surface area contributed by atoms with Crippen LogP contribution in [0.4, 0.5) is 0 Å². The van der Waals surface area contributed by atoms with E-state index in [-0.39, 0.29) is 11.2 Å². The van der Waals surface area contributed by atoms with Crippen LogP contribution in [0.3, 0.4) is 0 Å². The second kappa shape index (κ2) is 5.16. The predicted octanol–water partition coefficient (Wildman–Crippen LogP) is 1.47. The highest BCUT2D eigenvalue weighted by Crippen LogP contribution is 2.23. The Morgan fingerprint density at radius 1 is 1.44 bits per heavy atom. The molecule has 2 N–H and O–H groups in total. The number of nitrogens with zero attached hydrogens (tertiary/aromatic N) is 3. The van der Waals surface area contributed by atoms with Gasteiger partial charge in [-0.25, -0.2) is 4.21 Å². The summed E-state index contributed by atoms with van der Waals surface area (Å²) in [6.07, 6.45) is 4.39. The molecule has 2 aromatic rings. The Bertz CT molecular complexity index is 580. The topological polar surface area (TPSA) is 73.8 Å². The van der Waals surface area contributed by atoms with Crippen molar-refractivity contribution in [3.05, 3.63) is 24.2 Å². The molecule has 6 heteroatoms. The van der Waals surface area contributed by atoms with Gasteiger partial charge in [-0.2, -0.15) is 5.10 Å². The molecule has 0 aliphatic carbocycles. The quantitative estimate of drug-likeness (QED) is 0.910. The summed E-state index contributed by atoms with van der Waals surface area (Å²) in [5.74, 6) is 0.229. The molecule has 0 saturated carbocycles. The summed E-state index contributed by atoms with van der Waals surface area (Å²) < 4.78 is 13.0. The van der Waals surface area contributed by atoms with Crippen molar-refractivity contribution in [2.45, 2.75) is 31.4 Å². The van der Waals surface area contributed by atoms with Crippen LogP contribution in [0.25, 0.3) is 10.9 Å². The molecule has 0 radical (unpaired) electrons. The van der Waals surface area contributed by atoms with Gasteiger partial charge in [0.15, 0.2) is 0 Å². The number of fused-ring (bicyclic) bond motifs is 1. The van der Waals surface area contributed by atoms with E-state index in [2.05, 4.69) is 17.0 Å². The number of aryl methyl sites for hydroxylation is 1. The maximum atomic E-state index is 11.2. The highest BCUT2D eigenvalue weighted by Gasteiger charge is 2.15. The molecule has 2 heterocycles. The Morgan fingerprint density at radius 3 is 2.83 bits per heavy atom. The highest BCUT2D eigenvalue weighted by atomic mass is 32.2. The molecule has 2 unspecified atom stereocenters. The van der Waals surface area contributed by atoms with Crippen LogP contribution in [-0.4, -0.2) is 24.2 Å². The first-order valence-corrected chi connectivity index (χ1v) is 7.19. The molecule has 2 aromatic heterocycles. The van der Waals surface area contributed by atoms with E-state index in [0.717, 1.165) is 23.0 Å². The van der Waals surface area contributed by atoms with E-state index in [1.54, 1.807) is 6.20 Å². The average Bonchev–Trinajstić information content (AvgIpc) is 2.70. The zero-order valence-corrected chi connectivity index (χ0v) is 11.6. The number of pyridine rings is 1. The van der Waals surface area contributed by atoms with E-state index in [9.17, 15) is 4.21 Å². The van der Waals surface area contributed by atoms with Gasteiger partial charge in [-0.15, -0.1) is 0 Å². The van der Waals surface area contributed by atoms with Gasteiger partial charge in [0.1, 0.15) is 0 Å². The fraction of sp³-hybridized carbons (Fsp3) is 0.500. The summed E-state index contributed by atoms with van der Waals surface area (Å²) in [6.45, 7) is 3.98. The van der Waals surface area contributed by atoms with E-state index in [1.807, 2.05) is 30.9 Å². The molecule has 0 fully saturated rings. The molecule has 0 bridgehead atoms. The number of aromatic nitrogens is 3. The van der Waals surface area contributed by atoms with Crippen molar-refractivity contribution in [1.29, 1.82) is 0 Å². The number of hydrogen-bond donors (Lipinski definition) is 1. The Kier molecular flexibility index (Phi) is 3.77. The third-order valence-corrected chi connectivity index (χ3v) is 4.22. The summed E-state index contributed by atoms with van der Waals surface area (Å²) >= 11 is 0. The number of rotatable bonds is 4. The first kappa shape index (κ1) is 13.2. The minimum absolute atomic E-state index is 0.0240. The smallest absolute Gasteiger partial charge is 0.0917 e. The SMILES string of the molecule is CC(C[C@@H](C)c1cc2c(cn1)cnn2C)S(N)=O. The monoisotopic (exact) mass is 266 g/mol. The van der Waals surface area contributed by atoms with Gasteiger partial charge < -0.3 is 0 Å². The third kappa shape index (κ3) is 2.59. The molecule has 0 aliphatic rings. The molecule has 0 amide bonds. The van der Waals surface area contributed by atoms with Crippen molar-refractivity contribution >= 4 is 21.9 Å². The molecule has 98 valence electrons. The molecular formula is C12H18N4OS. The molecule has 18 heavy (non-hydrogen) atoms. The molecular weight excluding hydrogens is 248 g/mol. The predicted molar refractivity (Wildman–Crippen MR) is 73.3 cm³/mol. The summed E-state index contributed by atoms with van der Waals surface area (Å²) in [5.41, 5.74) is 2.05. The van der Waals surface area contributed by atoms with Crippen molar-refractivity contribution < 1.29 is 4.21 Å². The number of nitrogens with two attached hydrogens (primary N) is 1. The van der Waals surface area contributed by atoms with Crippen LogP contribution >= 0.6 is 0 Å². The largest absolute Gasteiger partial charge is 0.268 e. The molecule has 5 nitrogen and oxygen atoms in total. The summed E-state index contributed by atoms with van der Waals surface area (Å²) in [7, 11) is 0.637. The Hall–Kier alpha value is -1.27. The lowest BCUT2D eigenvalue weighted by Crippen LogP contribution is -2.20. The van der Waals surface area contributed by atoms with E-state index in [1.165, 1.54) is 0 Å². The summed E-state index contributed by atoms with van der Waals surface area (Å²) in [5, 5.41) is 10.6. The number of hydrogen-bond acceptors (Lipinski definition) is 3. The van der Waals surface area contributed by atoms with Crippen LogP contribution in [0.5, 0.6) is 0 Å². The van der Waals surface area contributed by atoms with Crippen LogP contribution in [-0.2, 0) is 18.0 Å². The maximum Gasteiger partial charge on any atom is 0.0917 e. The van der Waals surface area contributed by atoms with E-state index in [0.29, 0.717) is 0 Å². The minimum Gasteiger partial charge on any atom is -0.268 e. The summed E-state index contributed by atoms with van der Waals surface area (Å²) in [6, 6.07) is 2.04. The van der Waals surface area contributed by atoms with Gasteiger partial charge >= 0.3 is 0 Å². The van der Waals surface area contributed by atoms with Gasteiger partial charge in [0.05, 0.1) is 22.7 Å². The Balaban J connectivity index is 2.24. The van der Waals surface area contributed by atoms with Gasteiger partial charge in [0.25, 0.3) is 0 Å². The minimum atomic E-state index is -1.27. The van der Waals surface area contributed by atoms with Gasteiger partial charge in [0.2, 0.25) is 0 Å². The normalized spacial score (nSPS) is 16.7. The molecule has 2 rings (SSSR count). The fourth-order valence-corrected chi connectivity index (χ4v) is 2.52. The zero-order valence-electron chi connectivity index (χ0n) is 10.8. The van der Waals surface area contributed by atoms with Gasteiger partial charge in [-0.05, 0) is 25.3 Å². The zero-order chi connectivity index (χ0) is 13.3. The Morgan fingerprint density at radius 2 is 2.17 bits per heavy atom. The lowest BCUT2D eigenvalue weighted by Gasteiger charge is -2.14. The van der Waals surface area contributed by atoms with Crippen molar-refractivity contribution in [3.63, 3.8) is 0 Å². The van der Waals surface area contributed by atoms with Crippen LogP contribution < -0.4 is 5.14 Å². The maximum absolute atomic E-state index is 11.2. The first-order valence-electron chi connectivity index (χ1n) is 5.91. The lowest BCUT2D eigenvalue weighted by atomic mass is 10.0. The van der Waals surface area contributed by atoms with E-state index in [4.69, 9.17) is 5.14 Å². The van der Waals surface area contributed by atoms with Crippen molar-refractivity contribution in [2.24, 2.45) is 12.2 Å². The van der Waals surface area contributed by atoms with E-state index >= 15 is 0 Å². The molecule has 0 saturated heterocycles. The second-order valence-electron chi connectivity index (χ2n) is 4.71. The molecule has 0 spiro atoms. The molecule has 3 atom stereocenters. The Labute approximate surface area is 109 Å². The van der Waals surface area contributed by atoms with Crippen LogP contribution in [0.15, 0.2) is 18.5 Å². The highest BCUT2D eigenvalue weighted by molar-refractivity contribution is 7.83. The van der Waals surface area contributed by atoms with Crippen molar-refractivity contribution in [3.8, 4) is 0 Å². The summed E-state index contributed by atoms with van der Waals surface area (Å²) in [4.78, 5) is 4.44. The fourth-order valence-electron chi connectivity index (χ4n) is 2.04. The standard InChI is InChI=1S/C12H18N4OS/c1-8(4-9(2)18(13)17)11-5-12-10(6-14-11)7-15-16(12)3/h5-9H,4,13H2,1-3H3/t8-,9?,18?/m1/s1. The van der Waals surface area contributed by atoms with Crippen molar-refractivity contribution in [1.82, 2.24) is 14.8 Å².